The number of para-hydroxylation sites is 1. The van der Waals surface area contributed by atoms with Crippen molar-refractivity contribution in [2.24, 2.45) is 0 Å². The van der Waals surface area contributed by atoms with E-state index in [1.54, 1.807) is 0 Å². The number of benzene rings is 1. The van der Waals surface area contributed by atoms with Crippen molar-refractivity contribution in [1.29, 1.82) is 0 Å². The van der Waals surface area contributed by atoms with E-state index in [9.17, 15) is 18.0 Å². The first kappa shape index (κ1) is 35.7. The Balaban J connectivity index is 0. The van der Waals surface area contributed by atoms with E-state index in [2.05, 4.69) is 13.8 Å². The van der Waals surface area contributed by atoms with E-state index >= 15 is 0 Å². The van der Waals surface area contributed by atoms with Crippen LogP contribution in [0.15, 0.2) is 30.3 Å². The third-order valence-electron chi connectivity index (χ3n) is 4.92. The van der Waals surface area contributed by atoms with Crippen LogP contribution in [0.5, 0.6) is 5.75 Å². The molecule has 190 valence electrons. The maximum absolute atomic E-state index is 10.2. The molecule has 3 N–H and O–H groups in total. The molecule has 0 saturated carbocycles. The van der Waals surface area contributed by atoms with Gasteiger partial charge < -0.3 is 21.9 Å². The maximum Gasteiger partial charge on any atom is 1.00 e. The van der Waals surface area contributed by atoms with Gasteiger partial charge in [0.15, 0.2) is 5.25 Å². The van der Waals surface area contributed by atoms with Crippen LogP contribution in [0.1, 0.15) is 84.0 Å². The van der Waals surface area contributed by atoms with E-state index in [4.69, 9.17) is 19.5 Å². The van der Waals surface area contributed by atoms with Crippen LogP contribution in [0.3, 0.4) is 0 Å². The number of rotatable bonds is 17. The predicted molar refractivity (Wildman–Crippen MR) is 128 cm³/mol. The number of carboxylic acid groups (broad SMARTS) is 2. The SMILES string of the molecule is O=C(O)CC(C(=O)O)S(=O)(=O)O.[CH2-]C(CCCCCCCCCCCC)Oc1ccccc1.[K+]. The van der Waals surface area contributed by atoms with Crippen molar-refractivity contribution in [3.8, 4) is 5.75 Å². The molecule has 1 aromatic rings. The second-order valence-corrected chi connectivity index (χ2v) is 9.56. The van der Waals surface area contributed by atoms with Crippen molar-refractivity contribution in [1.82, 2.24) is 0 Å². The molecule has 0 aliphatic heterocycles. The Morgan fingerprint density at radius 1 is 0.912 bits per heavy atom. The van der Waals surface area contributed by atoms with E-state index in [1.807, 2.05) is 30.3 Å². The minimum atomic E-state index is -4.84. The van der Waals surface area contributed by atoms with Gasteiger partial charge >= 0.3 is 63.3 Å². The summed E-state index contributed by atoms with van der Waals surface area (Å²) in [6.07, 6.45) is 13.8. The normalized spacial score (nSPS) is 12.4. The van der Waals surface area contributed by atoms with Crippen LogP contribution >= 0.6 is 0 Å². The van der Waals surface area contributed by atoms with Crippen LogP contribution in [0.25, 0.3) is 0 Å². The molecule has 0 saturated heterocycles. The molecule has 1 rings (SSSR count). The number of hydrogen-bond acceptors (Lipinski definition) is 5. The Kier molecular flexibility index (Phi) is 22.8. The number of carbonyl (C=O) groups is 2. The quantitative estimate of drug-likeness (QED) is 0.122. The molecule has 1 aromatic carbocycles. The number of aliphatic carboxylic acids is 2. The molecule has 10 heteroatoms. The van der Waals surface area contributed by atoms with E-state index in [-0.39, 0.29) is 57.5 Å². The number of ether oxygens (including phenoxy) is 1. The molecule has 0 bridgehead atoms. The van der Waals surface area contributed by atoms with Gasteiger partial charge in [0.25, 0.3) is 10.1 Å². The molecular formula is C24H39KO8S. The predicted octanol–water partition coefficient (Wildman–Crippen LogP) is 2.39. The van der Waals surface area contributed by atoms with Crippen molar-refractivity contribution < 1.29 is 88.9 Å². The molecule has 0 heterocycles. The van der Waals surface area contributed by atoms with Gasteiger partial charge in [-0.25, -0.2) is 0 Å². The molecule has 2 atom stereocenters. The van der Waals surface area contributed by atoms with Crippen molar-refractivity contribution in [3.63, 3.8) is 0 Å². The molecule has 0 aliphatic carbocycles. The van der Waals surface area contributed by atoms with Crippen molar-refractivity contribution in [3.05, 3.63) is 37.3 Å². The largest absolute Gasteiger partial charge is 1.00 e. The summed E-state index contributed by atoms with van der Waals surface area (Å²) < 4.78 is 34.5. The summed E-state index contributed by atoms with van der Waals surface area (Å²) in [5, 5.41) is 13.9. The molecule has 8 nitrogen and oxygen atoms in total. The monoisotopic (exact) mass is 526 g/mol. The van der Waals surface area contributed by atoms with Gasteiger partial charge in [-0.15, -0.1) is 0 Å². The zero-order chi connectivity index (χ0) is 25.1. The van der Waals surface area contributed by atoms with Gasteiger partial charge in [0.05, 0.1) is 6.42 Å². The second-order valence-electron chi connectivity index (χ2n) is 7.96. The molecule has 0 aliphatic rings. The smallest absolute Gasteiger partial charge is 0.522 e. The third-order valence-corrected chi connectivity index (χ3v) is 6.01. The Morgan fingerprint density at radius 3 is 1.76 bits per heavy atom. The Hall–Kier alpha value is -0.494. The first-order chi connectivity index (χ1) is 15.6. The van der Waals surface area contributed by atoms with Gasteiger partial charge in [-0.3, -0.25) is 14.1 Å². The molecule has 0 aromatic heterocycles. The van der Waals surface area contributed by atoms with Crippen molar-refractivity contribution in [2.75, 3.05) is 0 Å². The Morgan fingerprint density at radius 2 is 1.38 bits per heavy atom. The summed E-state index contributed by atoms with van der Waals surface area (Å²) >= 11 is 0. The third kappa shape index (κ3) is 20.8. The molecule has 0 spiro atoms. The van der Waals surface area contributed by atoms with Gasteiger partial charge in [0.1, 0.15) is 5.75 Å². The van der Waals surface area contributed by atoms with Gasteiger partial charge in [-0.2, -0.15) is 8.42 Å². The van der Waals surface area contributed by atoms with Crippen molar-refractivity contribution >= 4 is 22.1 Å². The van der Waals surface area contributed by atoms with Crippen LogP contribution in [0.2, 0.25) is 0 Å². The van der Waals surface area contributed by atoms with Crippen LogP contribution in [0.4, 0.5) is 0 Å². The summed E-state index contributed by atoms with van der Waals surface area (Å²) in [5.74, 6) is -2.57. The molecule has 2 unspecified atom stereocenters. The minimum Gasteiger partial charge on any atom is -0.522 e. The molecule has 0 fully saturated rings. The van der Waals surface area contributed by atoms with Crippen molar-refractivity contribution in [2.45, 2.75) is 95.3 Å². The fourth-order valence-electron chi connectivity index (χ4n) is 3.09. The minimum absolute atomic E-state index is 0. The summed E-state index contributed by atoms with van der Waals surface area (Å²) in [7, 11) is -4.84. The zero-order valence-electron chi connectivity index (χ0n) is 20.5. The standard InChI is InChI=1S/C20H33O.C4H6O7S.K/c1-3-4-5-6-7-8-9-10-11-13-16-19(2)21-20-17-14-12-15-18-20;5-3(6)1-2(4(7)8)12(9,10)11;/h12,14-15,17-19H,2-11,13,16H2,1H3;2H,1H2,(H,5,6)(H,7,8)(H,9,10,11);/q-1;;+1. The van der Waals surface area contributed by atoms with Gasteiger partial charge in [-0.05, 0) is 24.7 Å². The topological polar surface area (TPSA) is 138 Å². The van der Waals surface area contributed by atoms with E-state index in [0.717, 1.165) is 12.2 Å². The van der Waals surface area contributed by atoms with Gasteiger partial charge in [0.2, 0.25) is 0 Å². The summed E-state index contributed by atoms with van der Waals surface area (Å²) in [6, 6.07) is 10.0. The van der Waals surface area contributed by atoms with Crippen LogP contribution < -0.4 is 56.1 Å². The Labute approximate surface area is 247 Å². The Bertz CT molecular complexity index is 755. The second kappa shape index (κ2) is 21.8. The first-order valence-electron chi connectivity index (χ1n) is 11.5. The maximum atomic E-state index is 10.2. The fourth-order valence-corrected chi connectivity index (χ4v) is 3.70. The van der Waals surface area contributed by atoms with E-state index in [0.29, 0.717) is 0 Å². The molecule has 34 heavy (non-hydrogen) atoms. The summed E-state index contributed by atoms with van der Waals surface area (Å²) in [4.78, 5) is 20.0. The van der Waals surface area contributed by atoms with Crippen LogP contribution in [-0.4, -0.2) is 46.5 Å². The van der Waals surface area contributed by atoms with E-state index < -0.39 is 33.7 Å². The van der Waals surface area contributed by atoms with E-state index in [1.165, 1.54) is 64.2 Å². The molecule has 0 radical (unpaired) electrons. The van der Waals surface area contributed by atoms with Crippen LogP contribution in [-0.2, 0) is 19.7 Å². The number of unbranched alkanes of at least 4 members (excludes halogenated alkanes) is 9. The van der Waals surface area contributed by atoms with Gasteiger partial charge in [-0.1, -0.05) is 89.3 Å². The number of hydrogen-bond donors (Lipinski definition) is 3. The first-order valence-corrected chi connectivity index (χ1v) is 13.0. The summed E-state index contributed by atoms with van der Waals surface area (Å²) in [5.41, 5.74) is 0. The zero-order valence-corrected chi connectivity index (χ0v) is 24.5. The fraction of sp³-hybridized carbons (Fsp3) is 0.625. The average Bonchev–Trinajstić information content (AvgIpc) is 2.73. The number of carboxylic acids is 2. The summed E-state index contributed by atoms with van der Waals surface area (Å²) in [6.45, 7) is 6.36. The average molecular weight is 527 g/mol. The van der Waals surface area contributed by atoms with Crippen LogP contribution in [0, 0.1) is 6.92 Å². The molecule has 0 amide bonds. The molecular weight excluding hydrogens is 487 g/mol. The van der Waals surface area contributed by atoms with Gasteiger partial charge in [0, 0.05) is 0 Å².